The first-order valence-corrected chi connectivity index (χ1v) is 4.13. The van der Waals surface area contributed by atoms with Crippen molar-refractivity contribution < 1.29 is 4.52 Å². The molecule has 0 radical (unpaired) electrons. The molecular formula is C10H10N2O. The Balaban J connectivity index is 2.52. The Labute approximate surface area is 76.4 Å². The average molecular weight is 174 g/mol. The zero-order valence-electron chi connectivity index (χ0n) is 7.61. The first-order valence-electron chi connectivity index (χ1n) is 4.13. The standard InChI is InChI=1S/C10H10N2O/c1-7-5-3-4-6-9(7)10-11-8(2)12-13-10/h3-6H,1-2H3. The van der Waals surface area contributed by atoms with Crippen molar-refractivity contribution in [1.29, 1.82) is 0 Å². The molecule has 0 N–H and O–H groups in total. The third-order valence-corrected chi connectivity index (χ3v) is 1.90. The second-order valence-electron chi connectivity index (χ2n) is 2.96. The van der Waals surface area contributed by atoms with Crippen molar-refractivity contribution in [3.05, 3.63) is 35.7 Å². The highest BCUT2D eigenvalue weighted by Gasteiger charge is 2.07. The van der Waals surface area contributed by atoms with E-state index in [9.17, 15) is 0 Å². The summed E-state index contributed by atoms with van der Waals surface area (Å²) in [7, 11) is 0. The van der Waals surface area contributed by atoms with Crippen LogP contribution in [0, 0.1) is 13.8 Å². The summed E-state index contributed by atoms with van der Waals surface area (Å²) in [5.41, 5.74) is 2.15. The van der Waals surface area contributed by atoms with Gasteiger partial charge in [-0.25, -0.2) is 0 Å². The molecule has 0 aliphatic heterocycles. The number of aryl methyl sites for hydroxylation is 2. The van der Waals surface area contributed by atoms with E-state index in [0.29, 0.717) is 11.7 Å². The van der Waals surface area contributed by atoms with Gasteiger partial charge in [-0.3, -0.25) is 0 Å². The summed E-state index contributed by atoms with van der Waals surface area (Å²) < 4.78 is 5.07. The summed E-state index contributed by atoms with van der Waals surface area (Å²) in [4.78, 5) is 4.16. The quantitative estimate of drug-likeness (QED) is 0.666. The number of aromatic nitrogens is 2. The van der Waals surface area contributed by atoms with Crippen molar-refractivity contribution in [2.24, 2.45) is 0 Å². The SMILES string of the molecule is Cc1noc(-c2ccccc2C)n1. The van der Waals surface area contributed by atoms with Gasteiger partial charge < -0.3 is 4.52 Å². The molecule has 0 saturated heterocycles. The lowest BCUT2D eigenvalue weighted by Crippen LogP contribution is -1.82. The van der Waals surface area contributed by atoms with E-state index < -0.39 is 0 Å². The molecule has 2 aromatic rings. The van der Waals surface area contributed by atoms with Gasteiger partial charge in [0, 0.05) is 5.56 Å². The Bertz CT molecular complexity index is 420. The number of rotatable bonds is 1. The van der Waals surface area contributed by atoms with E-state index in [2.05, 4.69) is 10.1 Å². The maximum atomic E-state index is 5.07. The lowest BCUT2D eigenvalue weighted by molar-refractivity contribution is 0.425. The van der Waals surface area contributed by atoms with Crippen LogP contribution in [0.25, 0.3) is 11.5 Å². The molecule has 0 bridgehead atoms. The van der Waals surface area contributed by atoms with Crippen LogP contribution in [0.1, 0.15) is 11.4 Å². The molecule has 13 heavy (non-hydrogen) atoms. The highest BCUT2D eigenvalue weighted by atomic mass is 16.5. The first-order chi connectivity index (χ1) is 6.27. The fourth-order valence-corrected chi connectivity index (χ4v) is 1.22. The molecule has 0 unspecified atom stereocenters. The number of hydrogen-bond acceptors (Lipinski definition) is 3. The van der Waals surface area contributed by atoms with Crippen LogP contribution in [-0.4, -0.2) is 10.1 Å². The van der Waals surface area contributed by atoms with Crippen molar-refractivity contribution in [2.75, 3.05) is 0 Å². The molecule has 2 rings (SSSR count). The summed E-state index contributed by atoms with van der Waals surface area (Å²) in [5, 5.41) is 3.75. The van der Waals surface area contributed by atoms with Crippen LogP contribution in [0.4, 0.5) is 0 Å². The summed E-state index contributed by atoms with van der Waals surface area (Å²) in [6.45, 7) is 3.83. The normalized spacial score (nSPS) is 10.3. The van der Waals surface area contributed by atoms with Gasteiger partial charge >= 0.3 is 0 Å². The molecule has 66 valence electrons. The zero-order valence-corrected chi connectivity index (χ0v) is 7.61. The van der Waals surface area contributed by atoms with Gasteiger partial charge in [-0.1, -0.05) is 23.4 Å². The molecule has 0 amide bonds. The van der Waals surface area contributed by atoms with Crippen molar-refractivity contribution in [3.63, 3.8) is 0 Å². The Hall–Kier alpha value is -1.64. The van der Waals surface area contributed by atoms with Gasteiger partial charge in [0.1, 0.15) is 0 Å². The molecule has 1 aromatic carbocycles. The lowest BCUT2D eigenvalue weighted by Gasteiger charge is -1.97. The van der Waals surface area contributed by atoms with E-state index in [1.54, 1.807) is 0 Å². The predicted octanol–water partition coefficient (Wildman–Crippen LogP) is 2.35. The number of nitrogens with zero attached hydrogens (tertiary/aromatic N) is 2. The molecule has 0 aliphatic carbocycles. The Kier molecular flexibility index (Phi) is 1.85. The maximum absolute atomic E-state index is 5.07. The van der Waals surface area contributed by atoms with Gasteiger partial charge in [0.25, 0.3) is 5.89 Å². The number of hydrogen-bond donors (Lipinski definition) is 0. The highest BCUT2D eigenvalue weighted by molar-refractivity contribution is 5.57. The fourth-order valence-electron chi connectivity index (χ4n) is 1.22. The molecule has 0 aliphatic rings. The van der Waals surface area contributed by atoms with E-state index in [1.165, 1.54) is 0 Å². The van der Waals surface area contributed by atoms with E-state index >= 15 is 0 Å². The molecule has 0 spiro atoms. The van der Waals surface area contributed by atoms with E-state index in [0.717, 1.165) is 11.1 Å². The fraction of sp³-hybridized carbons (Fsp3) is 0.200. The van der Waals surface area contributed by atoms with Crippen molar-refractivity contribution in [3.8, 4) is 11.5 Å². The van der Waals surface area contributed by atoms with E-state index in [4.69, 9.17) is 4.52 Å². The van der Waals surface area contributed by atoms with Gasteiger partial charge in [-0.05, 0) is 25.5 Å². The van der Waals surface area contributed by atoms with Crippen LogP contribution in [0.5, 0.6) is 0 Å². The smallest absolute Gasteiger partial charge is 0.258 e. The molecule has 0 atom stereocenters. The second kappa shape index (κ2) is 3.01. The number of benzene rings is 1. The molecule has 1 aromatic heterocycles. The Morgan fingerprint density at radius 2 is 1.92 bits per heavy atom. The first kappa shape index (κ1) is 7.98. The third kappa shape index (κ3) is 1.45. The van der Waals surface area contributed by atoms with Crippen molar-refractivity contribution >= 4 is 0 Å². The Morgan fingerprint density at radius 1 is 1.15 bits per heavy atom. The monoisotopic (exact) mass is 174 g/mol. The largest absolute Gasteiger partial charge is 0.334 e. The minimum absolute atomic E-state index is 0.593. The summed E-state index contributed by atoms with van der Waals surface area (Å²) >= 11 is 0. The van der Waals surface area contributed by atoms with Crippen molar-refractivity contribution in [2.45, 2.75) is 13.8 Å². The molecule has 0 saturated carbocycles. The van der Waals surface area contributed by atoms with E-state index in [-0.39, 0.29) is 0 Å². The van der Waals surface area contributed by atoms with Crippen LogP contribution in [-0.2, 0) is 0 Å². The van der Waals surface area contributed by atoms with Gasteiger partial charge in [-0.15, -0.1) is 0 Å². The molecule has 3 nitrogen and oxygen atoms in total. The summed E-state index contributed by atoms with van der Waals surface area (Å²) in [6, 6.07) is 7.95. The minimum atomic E-state index is 0.593. The van der Waals surface area contributed by atoms with Crippen LogP contribution in [0.2, 0.25) is 0 Å². The topological polar surface area (TPSA) is 38.9 Å². The van der Waals surface area contributed by atoms with Gasteiger partial charge in [0.05, 0.1) is 0 Å². The Morgan fingerprint density at radius 3 is 2.54 bits per heavy atom. The average Bonchev–Trinajstić information content (AvgIpc) is 2.53. The van der Waals surface area contributed by atoms with Crippen LogP contribution < -0.4 is 0 Å². The van der Waals surface area contributed by atoms with Crippen molar-refractivity contribution in [1.82, 2.24) is 10.1 Å². The summed E-state index contributed by atoms with van der Waals surface area (Å²) in [6.07, 6.45) is 0. The highest BCUT2D eigenvalue weighted by Crippen LogP contribution is 2.20. The summed E-state index contributed by atoms with van der Waals surface area (Å²) in [5.74, 6) is 1.26. The molecule has 3 heteroatoms. The molecular weight excluding hydrogens is 164 g/mol. The maximum Gasteiger partial charge on any atom is 0.258 e. The second-order valence-corrected chi connectivity index (χ2v) is 2.96. The minimum Gasteiger partial charge on any atom is -0.334 e. The van der Waals surface area contributed by atoms with Crippen LogP contribution >= 0.6 is 0 Å². The van der Waals surface area contributed by atoms with Crippen LogP contribution in [0.3, 0.4) is 0 Å². The van der Waals surface area contributed by atoms with Gasteiger partial charge in [-0.2, -0.15) is 4.98 Å². The van der Waals surface area contributed by atoms with Gasteiger partial charge in [0.2, 0.25) is 0 Å². The molecule has 1 heterocycles. The van der Waals surface area contributed by atoms with E-state index in [1.807, 2.05) is 38.1 Å². The van der Waals surface area contributed by atoms with Gasteiger partial charge in [0.15, 0.2) is 5.82 Å². The predicted molar refractivity (Wildman–Crippen MR) is 49.2 cm³/mol. The lowest BCUT2D eigenvalue weighted by atomic mass is 10.1. The van der Waals surface area contributed by atoms with Crippen LogP contribution in [0.15, 0.2) is 28.8 Å². The third-order valence-electron chi connectivity index (χ3n) is 1.90. The zero-order chi connectivity index (χ0) is 9.26. The molecule has 0 fully saturated rings.